The molecule has 3 aromatic rings. The molecular formula is C22H21N3O3. The van der Waals surface area contributed by atoms with Gasteiger partial charge < -0.3 is 21.1 Å². The van der Waals surface area contributed by atoms with Crippen molar-refractivity contribution in [2.75, 3.05) is 12.4 Å². The number of rotatable bonds is 6. The Kier molecular flexibility index (Phi) is 5.91. The molecule has 3 amide bonds. The Balaban J connectivity index is 1.76. The lowest BCUT2D eigenvalue weighted by Crippen LogP contribution is -2.23. The number of anilines is 1. The summed E-state index contributed by atoms with van der Waals surface area (Å²) in [6.45, 7) is 0.357. The molecule has 0 fully saturated rings. The molecular weight excluding hydrogens is 354 g/mol. The van der Waals surface area contributed by atoms with Crippen LogP contribution in [0.1, 0.15) is 15.9 Å². The van der Waals surface area contributed by atoms with E-state index in [0.717, 1.165) is 16.7 Å². The monoisotopic (exact) mass is 375 g/mol. The molecule has 6 heteroatoms. The number of carbonyl (C=O) groups excluding carboxylic acids is 2. The highest BCUT2D eigenvalue weighted by atomic mass is 16.5. The lowest BCUT2D eigenvalue weighted by atomic mass is 9.98. The highest BCUT2D eigenvalue weighted by Crippen LogP contribution is 2.32. The average Bonchev–Trinajstić information content (AvgIpc) is 2.72. The summed E-state index contributed by atoms with van der Waals surface area (Å²) in [6.07, 6.45) is 0. The van der Waals surface area contributed by atoms with Gasteiger partial charge in [-0.1, -0.05) is 48.5 Å². The lowest BCUT2D eigenvalue weighted by molar-refractivity contribution is 0.0951. The first kappa shape index (κ1) is 19.0. The van der Waals surface area contributed by atoms with Gasteiger partial charge in [-0.3, -0.25) is 4.79 Å². The van der Waals surface area contributed by atoms with Gasteiger partial charge in [-0.2, -0.15) is 0 Å². The first-order valence-corrected chi connectivity index (χ1v) is 8.74. The predicted molar refractivity (Wildman–Crippen MR) is 109 cm³/mol. The van der Waals surface area contributed by atoms with Crippen molar-refractivity contribution < 1.29 is 14.3 Å². The number of urea groups is 1. The van der Waals surface area contributed by atoms with Gasteiger partial charge in [-0.05, 0) is 35.4 Å². The van der Waals surface area contributed by atoms with Crippen LogP contribution >= 0.6 is 0 Å². The average molecular weight is 375 g/mol. The molecule has 0 aromatic heterocycles. The zero-order chi connectivity index (χ0) is 19.9. The molecule has 3 rings (SSSR count). The second-order valence-corrected chi connectivity index (χ2v) is 6.11. The van der Waals surface area contributed by atoms with Crippen LogP contribution in [0, 0.1) is 0 Å². The second-order valence-electron chi connectivity index (χ2n) is 6.11. The van der Waals surface area contributed by atoms with Crippen molar-refractivity contribution in [2.45, 2.75) is 6.54 Å². The Labute approximate surface area is 163 Å². The summed E-state index contributed by atoms with van der Waals surface area (Å²) in [5.74, 6) is 0.529. The molecule has 0 spiro atoms. The van der Waals surface area contributed by atoms with Crippen LogP contribution in [0.3, 0.4) is 0 Å². The smallest absolute Gasteiger partial charge is 0.316 e. The van der Waals surface area contributed by atoms with E-state index in [-0.39, 0.29) is 5.91 Å². The van der Waals surface area contributed by atoms with Crippen LogP contribution in [0.15, 0.2) is 72.8 Å². The Hall–Kier alpha value is -3.80. The van der Waals surface area contributed by atoms with Gasteiger partial charge in [0.15, 0.2) is 0 Å². The molecule has 0 radical (unpaired) electrons. The van der Waals surface area contributed by atoms with E-state index in [0.29, 0.717) is 23.5 Å². The van der Waals surface area contributed by atoms with Crippen LogP contribution in [0.2, 0.25) is 0 Å². The summed E-state index contributed by atoms with van der Waals surface area (Å²) < 4.78 is 5.43. The third-order valence-corrected chi connectivity index (χ3v) is 4.24. The van der Waals surface area contributed by atoms with Gasteiger partial charge in [-0.15, -0.1) is 0 Å². The van der Waals surface area contributed by atoms with Crippen LogP contribution in [0.4, 0.5) is 10.5 Å². The molecule has 142 valence electrons. The van der Waals surface area contributed by atoms with Gasteiger partial charge in [0.1, 0.15) is 5.75 Å². The zero-order valence-electron chi connectivity index (χ0n) is 15.4. The molecule has 3 aromatic carbocycles. The fourth-order valence-corrected chi connectivity index (χ4v) is 2.91. The van der Waals surface area contributed by atoms with E-state index in [1.165, 1.54) is 0 Å². The second kappa shape index (κ2) is 8.73. The third kappa shape index (κ3) is 4.48. The Bertz CT molecular complexity index is 984. The first-order valence-electron chi connectivity index (χ1n) is 8.74. The number of ether oxygens (including phenoxy) is 1. The summed E-state index contributed by atoms with van der Waals surface area (Å²) in [5, 5.41) is 5.43. The van der Waals surface area contributed by atoms with E-state index in [2.05, 4.69) is 10.6 Å². The van der Waals surface area contributed by atoms with Crippen molar-refractivity contribution in [3.8, 4) is 16.9 Å². The van der Waals surface area contributed by atoms with Crippen molar-refractivity contribution in [3.05, 3.63) is 83.9 Å². The molecule has 6 nitrogen and oxygen atoms in total. The third-order valence-electron chi connectivity index (χ3n) is 4.24. The maximum Gasteiger partial charge on any atom is 0.316 e. The highest BCUT2D eigenvalue weighted by Gasteiger charge is 2.15. The summed E-state index contributed by atoms with van der Waals surface area (Å²) >= 11 is 0. The van der Waals surface area contributed by atoms with Crippen LogP contribution in [0.5, 0.6) is 5.75 Å². The molecule has 0 atom stereocenters. The molecule has 0 saturated carbocycles. The topological polar surface area (TPSA) is 93.4 Å². The first-order chi connectivity index (χ1) is 13.6. The molecule has 4 N–H and O–H groups in total. The van der Waals surface area contributed by atoms with Crippen molar-refractivity contribution in [3.63, 3.8) is 0 Å². The standard InChI is InChI=1S/C22H21N3O3/c1-28-20-9-5-4-7-18(20)17-6-2-3-8-19(17)21(26)24-14-15-10-12-16(13-11-15)25-22(23)27/h2-13H,14H2,1H3,(H,24,26)(H3,23,25,27). The zero-order valence-corrected chi connectivity index (χ0v) is 15.4. The molecule has 0 aliphatic rings. The SMILES string of the molecule is COc1ccccc1-c1ccccc1C(=O)NCc1ccc(NC(N)=O)cc1. The summed E-state index contributed by atoms with van der Waals surface area (Å²) in [7, 11) is 1.61. The van der Waals surface area contributed by atoms with E-state index >= 15 is 0 Å². The number of hydrogen-bond acceptors (Lipinski definition) is 3. The summed E-state index contributed by atoms with van der Waals surface area (Å²) in [6, 6.07) is 21.5. The lowest BCUT2D eigenvalue weighted by Gasteiger charge is -2.13. The van der Waals surface area contributed by atoms with Crippen LogP contribution in [-0.2, 0) is 6.54 Å². The minimum Gasteiger partial charge on any atom is -0.496 e. The van der Waals surface area contributed by atoms with Gasteiger partial charge >= 0.3 is 6.03 Å². The maximum atomic E-state index is 12.8. The fourth-order valence-electron chi connectivity index (χ4n) is 2.91. The molecule has 0 aliphatic carbocycles. The molecule has 0 aliphatic heterocycles. The van der Waals surface area contributed by atoms with E-state index in [1.54, 1.807) is 25.3 Å². The van der Waals surface area contributed by atoms with Gasteiger partial charge in [0.25, 0.3) is 5.91 Å². The molecule has 0 saturated heterocycles. The van der Waals surface area contributed by atoms with E-state index in [9.17, 15) is 9.59 Å². The highest BCUT2D eigenvalue weighted by molar-refractivity contribution is 6.01. The van der Waals surface area contributed by atoms with E-state index in [4.69, 9.17) is 10.5 Å². The number of primary amides is 1. The van der Waals surface area contributed by atoms with E-state index < -0.39 is 6.03 Å². The number of nitrogens with two attached hydrogens (primary N) is 1. The Morgan fingerprint density at radius 2 is 1.54 bits per heavy atom. The molecule has 0 unspecified atom stereocenters. The molecule has 0 heterocycles. The number of amides is 3. The Morgan fingerprint density at radius 3 is 2.21 bits per heavy atom. The summed E-state index contributed by atoms with van der Waals surface area (Å²) in [5.41, 5.74) is 8.83. The minimum atomic E-state index is -0.617. The van der Waals surface area contributed by atoms with Gasteiger partial charge in [0, 0.05) is 23.4 Å². The Morgan fingerprint density at radius 1 is 0.893 bits per heavy atom. The minimum absolute atomic E-state index is 0.180. The van der Waals surface area contributed by atoms with Crippen molar-refractivity contribution >= 4 is 17.6 Å². The molecule has 28 heavy (non-hydrogen) atoms. The van der Waals surface area contributed by atoms with Crippen molar-refractivity contribution in [2.24, 2.45) is 5.73 Å². The number of para-hydroxylation sites is 1. The van der Waals surface area contributed by atoms with Gasteiger partial charge in [0.05, 0.1) is 7.11 Å². The predicted octanol–water partition coefficient (Wildman–Crippen LogP) is 3.78. The summed E-state index contributed by atoms with van der Waals surface area (Å²) in [4.78, 5) is 23.7. The number of benzene rings is 3. The largest absolute Gasteiger partial charge is 0.496 e. The van der Waals surface area contributed by atoms with Gasteiger partial charge in [0.2, 0.25) is 0 Å². The number of carbonyl (C=O) groups is 2. The number of methoxy groups -OCH3 is 1. The number of hydrogen-bond donors (Lipinski definition) is 3. The molecule has 0 bridgehead atoms. The van der Waals surface area contributed by atoms with E-state index in [1.807, 2.05) is 54.6 Å². The van der Waals surface area contributed by atoms with Crippen LogP contribution in [0.25, 0.3) is 11.1 Å². The van der Waals surface area contributed by atoms with Crippen molar-refractivity contribution in [1.29, 1.82) is 0 Å². The van der Waals surface area contributed by atoms with Crippen LogP contribution in [-0.4, -0.2) is 19.0 Å². The van der Waals surface area contributed by atoms with Gasteiger partial charge in [-0.25, -0.2) is 4.79 Å². The normalized spacial score (nSPS) is 10.2. The fraction of sp³-hybridized carbons (Fsp3) is 0.0909. The van der Waals surface area contributed by atoms with Crippen molar-refractivity contribution in [1.82, 2.24) is 5.32 Å². The number of nitrogens with one attached hydrogen (secondary N) is 2. The van der Waals surface area contributed by atoms with Crippen LogP contribution < -0.4 is 21.1 Å². The quantitative estimate of drug-likeness (QED) is 0.612. The maximum absolute atomic E-state index is 12.8.